The van der Waals surface area contributed by atoms with Crippen molar-refractivity contribution in [3.8, 4) is 17.9 Å². The van der Waals surface area contributed by atoms with Gasteiger partial charge in [0.1, 0.15) is 5.75 Å². The zero-order valence-electron chi connectivity index (χ0n) is 15.9. The molecule has 0 saturated carbocycles. The van der Waals surface area contributed by atoms with E-state index in [1.54, 1.807) is 0 Å². The van der Waals surface area contributed by atoms with E-state index in [2.05, 4.69) is 22.7 Å². The molecule has 2 rings (SSSR count). The highest BCUT2D eigenvalue weighted by molar-refractivity contribution is 6.31. The van der Waals surface area contributed by atoms with Crippen molar-refractivity contribution in [2.75, 3.05) is 18.0 Å². The molecule has 7 nitrogen and oxygen atoms in total. The van der Waals surface area contributed by atoms with Crippen LogP contribution in [0.3, 0.4) is 0 Å². The van der Waals surface area contributed by atoms with Gasteiger partial charge in [-0.1, -0.05) is 17.7 Å². The van der Waals surface area contributed by atoms with Crippen LogP contribution in [0.5, 0.6) is 5.75 Å². The summed E-state index contributed by atoms with van der Waals surface area (Å²) < 4.78 is 0. The number of phenols is 1. The van der Waals surface area contributed by atoms with Gasteiger partial charge in [-0.05, 0) is 48.4 Å². The lowest BCUT2D eigenvalue weighted by molar-refractivity contribution is 0.0952. The fraction of sp³-hybridized carbons (Fsp3) is 0.238. The number of amides is 1. The molecular weight excluding hydrogens is 390 g/mol. The van der Waals surface area contributed by atoms with Gasteiger partial charge >= 0.3 is 0 Å². The van der Waals surface area contributed by atoms with Crippen LogP contribution in [0.1, 0.15) is 34.3 Å². The zero-order chi connectivity index (χ0) is 21.2. The van der Waals surface area contributed by atoms with Crippen molar-refractivity contribution in [1.29, 1.82) is 10.5 Å². The third-order valence-electron chi connectivity index (χ3n) is 4.18. The Morgan fingerprint density at radius 2 is 1.90 bits per heavy atom. The number of aromatic hydroxyl groups is 1. The summed E-state index contributed by atoms with van der Waals surface area (Å²) in [5.74, 6) is -0.757. The van der Waals surface area contributed by atoms with Crippen LogP contribution in [0.15, 0.2) is 41.5 Å². The monoisotopic (exact) mass is 409 g/mol. The Bertz CT molecular complexity index is 974. The molecule has 0 aliphatic heterocycles. The van der Waals surface area contributed by atoms with Crippen LogP contribution >= 0.6 is 11.6 Å². The Morgan fingerprint density at radius 3 is 2.52 bits per heavy atom. The SMILES string of the molecule is Cc1cc(N(CCC#N)CCC#N)ccc1/C=N\NC(=O)c1cc(Cl)ccc1O. The molecule has 0 bridgehead atoms. The summed E-state index contributed by atoms with van der Waals surface area (Å²) in [7, 11) is 0. The Kier molecular flexibility index (Phi) is 8.02. The standard InChI is InChI=1S/C21H20ClN5O2/c1-15-12-18(27(10-2-8-23)11-3-9-24)6-4-16(15)14-25-26-21(29)19-13-17(22)5-7-20(19)28/h4-7,12-14,28H,2-3,10-11H2,1H3,(H,26,29)/b25-14-. The van der Waals surface area contributed by atoms with E-state index in [1.165, 1.54) is 24.4 Å². The van der Waals surface area contributed by atoms with Crippen molar-refractivity contribution in [2.45, 2.75) is 19.8 Å². The van der Waals surface area contributed by atoms with Gasteiger partial charge in [-0.15, -0.1) is 0 Å². The molecule has 0 aliphatic rings. The Balaban J connectivity index is 2.09. The highest BCUT2D eigenvalue weighted by Gasteiger charge is 2.11. The third-order valence-corrected chi connectivity index (χ3v) is 4.41. The second kappa shape index (κ2) is 10.7. The van der Waals surface area contributed by atoms with Gasteiger partial charge in [-0.3, -0.25) is 4.79 Å². The molecule has 0 aliphatic carbocycles. The first-order valence-electron chi connectivity index (χ1n) is 8.87. The molecule has 0 fully saturated rings. The van der Waals surface area contributed by atoms with Crippen molar-refractivity contribution < 1.29 is 9.90 Å². The molecule has 0 heterocycles. The van der Waals surface area contributed by atoms with E-state index in [4.69, 9.17) is 22.1 Å². The molecular formula is C21H20ClN5O2. The number of aryl methyl sites for hydroxylation is 1. The molecule has 8 heteroatoms. The molecule has 2 aromatic carbocycles. The number of carbonyl (C=O) groups is 1. The maximum Gasteiger partial charge on any atom is 0.275 e. The highest BCUT2D eigenvalue weighted by atomic mass is 35.5. The van der Waals surface area contributed by atoms with E-state index in [-0.39, 0.29) is 11.3 Å². The molecule has 0 spiro atoms. The number of hydrogen-bond acceptors (Lipinski definition) is 6. The van der Waals surface area contributed by atoms with Crippen LogP contribution in [-0.4, -0.2) is 30.3 Å². The Labute approximate surface area is 174 Å². The van der Waals surface area contributed by atoms with E-state index < -0.39 is 5.91 Å². The first-order valence-corrected chi connectivity index (χ1v) is 9.25. The fourth-order valence-electron chi connectivity index (χ4n) is 2.65. The van der Waals surface area contributed by atoms with Gasteiger partial charge in [-0.2, -0.15) is 15.6 Å². The summed E-state index contributed by atoms with van der Waals surface area (Å²) in [6, 6.07) is 14.1. The smallest absolute Gasteiger partial charge is 0.275 e. The topological polar surface area (TPSA) is 113 Å². The Morgan fingerprint density at radius 1 is 1.21 bits per heavy atom. The van der Waals surface area contributed by atoms with Crippen LogP contribution < -0.4 is 10.3 Å². The van der Waals surface area contributed by atoms with Gasteiger partial charge in [0, 0.05) is 23.8 Å². The molecule has 2 aromatic rings. The van der Waals surface area contributed by atoms with Crippen molar-refractivity contribution in [1.82, 2.24) is 5.43 Å². The van der Waals surface area contributed by atoms with Gasteiger partial charge in [0.15, 0.2) is 0 Å². The number of hydrazone groups is 1. The number of nitrogens with one attached hydrogen (secondary N) is 1. The number of benzene rings is 2. The maximum absolute atomic E-state index is 12.1. The first kappa shape index (κ1) is 21.7. The summed E-state index contributed by atoms with van der Waals surface area (Å²) in [6.07, 6.45) is 2.25. The van der Waals surface area contributed by atoms with E-state index in [0.29, 0.717) is 31.0 Å². The summed E-state index contributed by atoms with van der Waals surface area (Å²) >= 11 is 5.85. The number of halogens is 1. The van der Waals surface area contributed by atoms with Crippen LogP contribution in [0.2, 0.25) is 5.02 Å². The lowest BCUT2D eigenvalue weighted by Crippen LogP contribution is -2.25. The fourth-order valence-corrected chi connectivity index (χ4v) is 2.82. The molecule has 0 radical (unpaired) electrons. The summed E-state index contributed by atoms with van der Waals surface area (Å²) in [5.41, 5.74) is 5.03. The number of phenolic OH excluding ortho intramolecular Hbond substituents is 1. The first-order chi connectivity index (χ1) is 14.0. The minimum Gasteiger partial charge on any atom is -0.507 e. The predicted molar refractivity (Wildman–Crippen MR) is 112 cm³/mol. The van der Waals surface area contributed by atoms with Crippen molar-refractivity contribution in [3.63, 3.8) is 0 Å². The maximum atomic E-state index is 12.1. The third kappa shape index (κ3) is 6.24. The predicted octanol–water partition coefficient (Wildman–Crippen LogP) is 3.75. The van der Waals surface area contributed by atoms with E-state index in [0.717, 1.165) is 16.8 Å². The number of nitriles is 2. The quantitative estimate of drug-likeness (QED) is 0.509. The second-order valence-corrected chi connectivity index (χ2v) is 6.64. The van der Waals surface area contributed by atoms with Crippen molar-refractivity contribution in [2.24, 2.45) is 5.10 Å². The minimum absolute atomic E-state index is 0.0346. The number of nitrogens with zero attached hydrogens (tertiary/aromatic N) is 4. The normalized spacial score (nSPS) is 10.3. The average molecular weight is 410 g/mol. The number of carbonyl (C=O) groups excluding carboxylic acids is 1. The van der Waals surface area contributed by atoms with Crippen LogP contribution in [0, 0.1) is 29.6 Å². The zero-order valence-corrected chi connectivity index (χ0v) is 16.6. The van der Waals surface area contributed by atoms with E-state index in [9.17, 15) is 9.90 Å². The Hall–Kier alpha value is -3.55. The molecule has 148 valence electrons. The molecule has 0 saturated heterocycles. The van der Waals surface area contributed by atoms with E-state index in [1.807, 2.05) is 30.0 Å². The largest absolute Gasteiger partial charge is 0.507 e. The van der Waals surface area contributed by atoms with Crippen LogP contribution in [0.4, 0.5) is 5.69 Å². The average Bonchev–Trinajstić information content (AvgIpc) is 2.71. The van der Waals surface area contributed by atoms with Gasteiger partial charge < -0.3 is 10.0 Å². The molecule has 29 heavy (non-hydrogen) atoms. The summed E-state index contributed by atoms with van der Waals surface area (Å²) in [6.45, 7) is 3.00. The molecule has 2 N–H and O–H groups in total. The van der Waals surface area contributed by atoms with Crippen LogP contribution in [-0.2, 0) is 0 Å². The van der Waals surface area contributed by atoms with Gasteiger partial charge in [0.05, 0.1) is 36.8 Å². The number of rotatable bonds is 8. The molecule has 0 aromatic heterocycles. The molecule has 1 amide bonds. The lowest BCUT2D eigenvalue weighted by atomic mass is 10.1. The number of anilines is 1. The van der Waals surface area contributed by atoms with Crippen molar-refractivity contribution in [3.05, 3.63) is 58.1 Å². The highest BCUT2D eigenvalue weighted by Crippen LogP contribution is 2.21. The van der Waals surface area contributed by atoms with Crippen molar-refractivity contribution >= 4 is 29.4 Å². The van der Waals surface area contributed by atoms with Gasteiger partial charge in [0.25, 0.3) is 5.91 Å². The minimum atomic E-state index is -0.574. The van der Waals surface area contributed by atoms with E-state index >= 15 is 0 Å². The molecule has 0 unspecified atom stereocenters. The van der Waals surface area contributed by atoms with Gasteiger partial charge in [0.2, 0.25) is 0 Å². The summed E-state index contributed by atoms with van der Waals surface area (Å²) in [4.78, 5) is 14.1. The lowest BCUT2D eigenvalue weighted by Gasteiger charge is -2.23. The summed E-state index contributed by atoms with van der Waals surface area (Å²) in [5, 5.41) is 31.7. The molecule has 0 atom stereocenters. The number of hydrogen-bond donors (Lipinski definition) is 2. The van der Waals surface area contributed by atoms with Gasteiger partial charge in [-0.25, -0.2) is 5.43 Å². The van der Waals surface area contributed by atoms with Crippen LogP contribution in [0.25, 0.3) is 0 Å². The second-order valence-electron chi connectivity index (χ2n) is 6.20.